The Morgan fingerprint density at radius 3 is 2.11 bits per heavy atom. The Kier molecular flexibility index (Phi) is 2.59. The van der Waals surface area contributed by atoms with E-state index in [1.54, 1.807) is 6.07 Å². The summed E-state index contributed by atoms with van der Waals surface area (Å²) in [5, 5.41) is 15.2. The second kappa shape index (κ2) is 2.98. The highest BCUT2D eigenvalue weighted by molar-refractivity contribution is 6.04. The fraction of sp³-hybridized carbons (Fsp3) is 0.500. The van der Waals surface area contributed by atoms with Crippen LogP contribution in [-0.2, 0) is 4.79 Å². The molecule has 1 N–H and O–H groups in total. The van der Waals surface area contributed by atoms with Gasteiger partial charge < -0.3 is 5.41 Å². The van der Waals surface area contributed by atoms with Gasteiger partial charge in [0.1, 0.15) is 5.92 Å². The van der Waals surface area contributed by atoms with Crippen molar-refractivity contribution < 1.29 is 4.79 Å². The Hall–Kier alpha value is -1.17. The van der Waals surface area contributed by atoms with E-state index in [4.69, 9.17) is 10.7 Å². The Labute approximate surface area is 53.8 Å². The lowest BCUT2D eigenvalue weighted by Crippen LogP contribution is -2.16. The predicted octanol–water partition coefficient (Wildman–Crippen LogP) is 0.755. The molecule has 0 saturated carbocycles. The molecule has 0 aliphatic heterocycles. The van der Waals surface area contributed by atoms with Crippen LogP contribution in [0.1, 0.15) is 13.8 Å². The van der Waals surface area contributed by atoms with E-state index in [1.165, 1.54) is 13.8 Å². The average molecular weight is 124 g/mol. The first-order chi connectivity index (χ1) is 4.09. The quantitative estimate of drug-likeness (QED) is 0.552. The number of carbonyl (C=O) groups excluding carboxylic acids is 1. The summed E-state index contributed by atoms with van der Waals surface area (Å²) in [6.45, 7) is 2.77. The third kappa shape index (κ3) is 2.04. The maximum atomic E-state index is 10.5. The van der Waals surface area contributed by atoms with E-state index in [0.29, 0.717) is 0 Å². The minimum Gasteiger partial charge on any atom is -0.308 e. The van der Waals surface area contributed by atoms with Crippen LogP contribution in [0.15, 0.2) is 0 Å². The van der Waals surface area contributed by atoms with Gasteiger partial charge in [0.25, 0.3) is 0 Å². The van der Waals surface area contributed by atoms with Crippen LogP contribution in [0, 0.1) is 22.7 Å². The van der Waals surface area contributed by atoms with Crippen LogP contribution in [0.2, 0.25) is 0 Å². The minimum absolute atomic E-state index is 0.116. The fourth-order valence-corrected chi connectivity index (χ4v) is 0.493. The maximum absolute atomic E-state index is 10.5. The zero-order valence-corrected chi connectivity index (χ0v) is 5.43. The van der Waals surface area contributed by atoms with Crippen molar-refractivity contribution >= 4 is 11.5 Å². The van der Waals surface area contributed by atoms with E-state index >= 15 is 0 Å². The van der Waals surface area contributed by atoms with Gasteiger partial charge >= 0.3 is 0 Å². The third-order valence-corrected chi connectivity index (χ3v) is 0.969. The molecular weight excluding hydrogens is 116 g/mol. The van der Waals surface area contributed by atoms with E-state index in [0.717, 1.165) is 0 Å². The number of nitrogens with zero attached hydrogens (tertiary/aromatic N) is 1. The van der Waals surface area contributed by atoms with Crippen LogP contribution in [0.5, 0.6) is 0 Å². The van der Waals surface area contributed by atoms with Gasteiger partial charge in [0.2, 0.25) is 0 Å². The van der Waals surface area contributed by atoms with Gasteiger partial charge in [0, 0.05) is 5.71 Å². The summed E-state index contributed by atoms with van der Waals surface area (Å²) >= 11 is 0. The maximum Gasteiger partial charge on any atom is 0.152 e. The lowest BCUT2D eigenvalue weighted by atomic mass is 10.0. The van der Waals surface area contributed by atoms with Gasteiger partial charge in [0.05, 0.1) is 6.07 Å². The first-order valence-electron chi connectivity index (χ1n) is 2.54. The molecule has 9 heavy (non-hydrogen) atoms. The van der Waals surface area contributed by atoms with Crippen LogP contribution in [0.25, 0.3) is 0 Å². The molecule has 0 aromatic carbocycles. The van der Waals surface area contributed by atoms with Crippen LogP contribution in [0.3, 0.4) is 0 Å². The number of Topliss-reactive ketones (excluding diaryl/α,β-unsaturated/α-hetero) is 1. The molecule has 1 atom stereocenters. The fourth-order valence-electron chi connectivity index (χ4n) is 0.493. The molecule has 0 radical (unpaired) electrons. The summed E-state index contributed by atoms with van der Waals surface area (Å²) in [6, 6.07) is 1.73. The smallest absolute Gasteiger partial charge is 0.152 e. The predicted molar refractivity (Wildman–Crippen MR) is 33.2 cm³/mol. The number of rotatable bonds is 2. The molecule has 0 heterocycles. The molecule has 0 rings (SSSR count). The van der Waals surface area contributed by atoms with Crippen LogP contribution >= 0.6 is 0 Å². The molecule has 3 heteroatoms. The summed E-state index contributed by atoms with van der Waals surface area (Å²) in [5.74, 6) is -1.09. The second-order valence-electron chi connectivity index (χ2n) is 1.86. The van der Waals surface area contributed by atoms with E-state index in [2.05, 4.69) is 0 Å². The lowest BCUT2D eigenvalue weighted by Gasteiger charge is -1.98. The molecule has 0 aliphatic rings. The number of nitrogens with one attached hydrogen (secondary N) is 1. The standard InChI is InChI=1S/C6H8N2O/c1-4(8)6(3-7)5(2)9/h6,8H,1-2H3. The van der Waals surface area contributed by atoms with Gasteiger partial charge in [-0.15, -0.1) is 0 Å². The lowest BCUT2D eigenvalue weighted by molar-refractivity contribution is -0.117. The molecule has 1 unspecified atom stereocenters. The number of carbonyl (C=O) groups is 1. The molecule has 0 saturated heterocycles. The van der Waals surface area contributed by atoms with E-state index < -0.39 is 5.92 Å². The van der Waals surface area contributed by atoms with Gasteiger partial charge in [-0.05, 0) is 13.8 Å². The normalized spacial score (nSPS) is 11.7. The minimum atomic E-state index is -0.829. The van der Waals surface area contributed by atoms with Crippen molar-refractivity contribution in [3.8, 4) is 6.07 Å². The van der Waals surface area contributed by atoms with Crippen LogP contribution < -0.4 is 0 Å². The van der Waals surface area contributed by atoms with Gasteiger partial charge in [0.15, 0.2) is 5.78 Å². The molecule has 0 spiro atoms. The molecule has 0 aliphatic carbocycles. The molecule has 0 amide bonds. The summed E-state index contributed by atoms with van der Waals surface area (Å²) in [5.41, 5.74) is 0.116. The molecule has 0 fully saturated rings. The number of ketones is 1. The summed E-state index contributed by atoms with van der Waals surface area (Å²) in [4.78, 5) is 10.5. The zero-order chi connectivity index (χ0) is 7.44. The molecule has 0 bridgehead atoms. The van der Waals surface area contributed by atoms with Crippen molar-refractivity contribution in [1.82, 2.24) is 0 Å². The van der Waals surface area contributed by atoms with Gasteiger partial charge in [-0.25, -0.2) is 0 Å². The second-order valence-corrected chi connectivity index (χ2v) is 1.86. The third-order valence-electron chi connectivity index (χ3n) is 0.969. The molecule has 0 aromatic heterocycles. The number of hydrogen-bond acceptors (Lipinski definition) is 3. The Bertz CT molecular complexity index is 164. The molecule has 0 aromatic rings. The van der Waals surface area contributed by atoms with Crippen molar-refractivity contribution in [2.45, 2.75) is 13.8 Å². The highest BCUT2D eigenvalue weighted by atomic mass is 16.1. The van der Waals surface area contributed by atoms with E-state index in [-0.39, 0.29) is 11.5 Å². The van der Waals surface area contributed by atoms with Crippen LogP contribution in [-0.4, -0.2) is 11.5 Å². The first-order valence-corrected chi connectivity index (χ1v) is 2.54. The average Bonchev–Trinajstić information content (AvgIpc) is 1.64. The van der Waals surface area contributed by atoms with E-state index in [1.807, 2.05) is 0 Å². The molecular formula is C6H8N2O. The SMILES string of the molecule is CC(=N)C(C#N)C(C)=O. The number of hydrogen-bond donors (Lipinski definition) is 1. The van der Waals surface area contributed by atoms with Gasteiger partial charge in [-0.1, -0.05) is 0 Å². The number of nitriles is 1. The molecule has 3 nitrogen and oxygen atoms in total. The van der Waals surface area contributed by atoms with Gasteiger partial charge in [-0.2, -0.15) is 5.26 Å². The molecule has 48 valence electrons. The highest BCUT2D eigenvalue weighted by Crippen LogP contribution is 1.96. The van der Waals surface area contributed by atoms with Crippen molar-refractivity contribution in [1.29, 1.82) is 10.7 Å². The van der Waals surface area contributed by atoms with E-state index in [9.17, 15) is 4.79 Å². The topological polar surface area (TPSA) is 64.7 Å². The Morgan fingerprint density at radius 1 is 1.67 bits per heavy atom. The zero-order valence-electron chi connectivity index (χ0n) is 5.43. The van der Waals surface area contributed by atoms with Crippen molar-refractivity contribution in [2.24, 2.45) is 5.92 Å². The Balaban J connectivity index is 4.22. The highest BCUT2D eigenvalue weighted by Gasteiger charge is 2.13. The summed E-state index contributed by atoms with van der Waals surface area (Å²) in [7, 11) is 0. The summed E-state index contributed by atoms with van der Waals surface area (Å²) in [6.07, 6.45) is 0. The van der Waals surface area contributed by atoms with Gasteiger partial charge in [-0.3, -0.25) is 4.79 Å². The van der Waals surface area contributed by atoms with Crippen molar-refractivity contribution in [3.63, 3.8) is 0 Å². The summed E-state index contributed by atoms with van der Waals surface area (Å²) < 4.78 is 0. The van der Waals surface area contributed by atoms with Crippen molar-refractivity contribution in [2.75, 3.05) is 0 Å². The Morgan fingerprint density at radius 2 is 2.11 bits per heavy atom. The monoisotopic (exact) mass is 124 g/mol. The van der Waals surface area contributed by atoms with Crippen molar-refractivity contribution in [3.05, 3.63) is 0 Å². The first kappa shape index (κ1) is 7.83. The largest absolute Gasteiger partial charge is 0.308 e. The van der Waals surface area contributed by atoms with Crippen LogP contribution in [0.4, 0.5) is 0 Å².